The van der Waals surface area contributed by atoms with E-state index in [2.05, 4.69) is 32.1 Å². The summed E-state index contributed by atoms with van der Waals surface area (Å²) in [5.74, 6) is 0.917. The molecule has 1 aromatic rings. The van der Waals surface area contributed by atoms with E-state index in [1.807, 2.05) is 12.1 Å². The molecule has 1 aliphatic heterocycles. The second kappa shape index (κ2) is 8.41. The first-order valence-corrected chi connectivity index (χ1v) is 8.61. The summed E-state index contributed by atoms with van der Waals surface area (Å²) in [6, 6.07) is 5.93. The van der Waals surface area contributed by atoms with Crippen LogP contribution < -0.4 is 15.4 Å². The zero-order valence-corrected chi connectivity index (χ0v) is 14.9. The quantitative estimate of drug-likeness (QED) is 0.431. The van der Waals surface area contributed by atoms with Gasteiger partial charge in [-0.25, -0.2) is 0 Å². The van der Waals surface area contributed by atoms with Gasteiger partial charge in [-0.2, -0.15) is 0 Å². The molecule has 0 atom stereocenters. The van der Waals surface area contributed by atoms with Crippen LogP contribution in [0.3, 0.4) is 0 Å². The fourth-order valence-corrected chi connectivity index (χ4v) is 2.65. The topological polar surface area (TPSA) is 47.7 Å². The average molecular weight is 322 g/mol. The van der Waals surface area contributed by atoms with Crippen molar-refractivity contribution in [3.05, 3.63) is 18.2 Å². The first kappa shape index (κ1) is 17.9. The van der Waals surface area contributed by atoms with Crippen LogP contribution in [0.5, 0.6) is 5.75 Å². The lowest BCUT2D eigenvalue weighted by Crippen LogP contribution is -2.37. The van der Waals surface area contributed by atoms with Crippen molar-refractivity contribution in [1.29, 1.82) is 0 Å². The number of hydrogen-bond donors (Lipinski definition) is 1. The normalized spacial score (nSPS) is 14.5. The fraction of sp³-hybridized carbons (Fsp3) is 0.667. The molecule has 0 radical (unpaired) electrons. The minimum atomic E-state index is 0.741. The molecule has 0 aromatic heterocycles. The zero-order valence-electron chi connectivity index (χ0n) is 14.9. The van der Waals surface area contributed by atoms with Gasteiger partial charge in [0, 0.05) is 24.9 Å². The van der Waals surface area contributed by atoms with E-state index in [9.17, 15) is 0 Å². The van der Waals surface area contributed by atoms with Gasteiger partial charge in [0.15, 0.2) is 0 Å². The minimum Gasteiger partial charge on any atom is -0.489 e. The maximum Gasteiger partial charge on any atom is 0.144 e. The predicted molar refractivity (Wildman–Crippen MR) is 96.1 cm³/mol. The summed E-state index contributed by atoms with van der Waals surface area (Å²) in [5, 5.41) is 0. The third-order valence-corrected chi connectivity index (χ3v) is 4.07. The number of rotatable bonds is 9. The molecule has 0 aliphatic carbocycles. The minimum absolute atomic E-state index is 0.741. The van der Waals surface area contributed by atoms with Crippen LogP contribution in [0.4, 0.5) is 11.4 Å². The smallest absolute Gasteiger partial charge is 0.144 e. The van der Waals surface area contributed by atoms with Crippen LogP contribution in [-0.4, -0.2) is 65.1 Å². The third-order valence-electron chi connectivity index (χ3n) is 4.07. The number of fused-ring (bicyclic) bond motifs is 1. The van der Waals surface area contributed by atoms with Crippen LogP contribution in [0.1, 0.15) is 19.3 Å². The Hall–Kier alpha value is -1.46. The van der Waals surface area contributed by atoms with E-state index in [0.717, 1.165) is 61.8 Å². The van der Waals surface area contributed by atoms with Gasteiger partial charge in [0.25, 0.3) is 0 Å². The Kier molecular flexibility index (Phi) is 6.54. The van der Waals surface area contributed by atoms with E-state index >= 15 is 0 Å². The molecule has 0 amide bonds. The number of unbranched alkanes of at least 4 members (excludes halogenated alkanes) is 2. The Balaban J connectivity index is 1.61. The van der Waals surface area contributed by atoms with Gasteiger partial charge in [0.2, 0.25) is 0 Å². The molecular weight excluding hydrogens is 290 g/mol. The number of nitrogen functional groups attached to an aromatic ring is 1. The van der Waals surface area contributed by atoms with Crippen molar-refractivity contribution >= 4 is 11.4 Å². The highest BCUT2D eigenvalue weighted by atomic mass is 16.5. The maximum atomic E-state index is 5.82. The Morgan fingerprint density at radius 2 is 2.00 bits per heavy atom. The lowest BCUT2D eigenvalue weighted by molar-refractivity contribution is -0.870. The number of anilines is 2. The van der Waals surface area contributed by atoms with Crippen molar-refractivity contribution in [1.82, 2.24) is 0 Å². The fourth-order valence-electron chi connectivity index (χ4n) is 2.65. The van der Waals surface area contributed by atoms with Crippen molar-refractivity contribution < 1.29 is 14.0 Å². The van der Waals surface area contributed by atoms with Crippen molar-refractivity contribution in [2.24, 2.45) is 0 Å². The van der Waals surface area contributed by atoms with Crippen LogP contribution in [0, 0.1) is 0 Å². The van der Waals surface area contributed by atoms with Crippen molar-refractivity contribution in [3.8, 4) is 5.75 Å². The summed E-state index contributed by atoms with van der Waals surface area (Å²) < 4.78 is 12.4. The molecule has 23 heavy (non-hydrogen) atoms. The standard InChI is InChI=1S/C18H32N3O2/c1-21(2,3)11-14-22-12-6-4-5-9-20-10-13-23-18-15-16(19)7-8-17(18)20/h7-8,15H,4-6,9-14,19H2,1-3H3/q+1. The first-order valence-electron chi connectivity index (χ1n) is 8.61. The molecule has 1 aromatic carbocycles. The monoisotopic (exact) mass is 322 g/mol. The van der Waals surface area contributed by atoms with Crippen molar-refractivity contribution in [2.75, 3.05) is 71.2 Å². The number of quaternary nitrogens is 1. The molecule has 2 rings (SSSR count). The summed E-state index contributed by atoms with van der Waals surface area (Å²) in [6.45, 7) is 5.55. The summed E-state index contributed by atoms with van der Waals surface area (Å²) >= 11 is 0. The van der Waals surface area contributed by atoms with E-state index < -0.39 is 0 Å². The molecule has 5 heteroatoms. The van der Waals surface area contributed by atoms with E-state index in [1.165, 1.54) is 18.5 Å². The SMILES string of the molecule is C[N+](C)(C)CCOCCCCCN1CCOc2cc(N)ccc21. The van der Waals surface area contributed by atoms with E-state index in [1.54, 1.807) is 0 Å². The van der Waals surface area contributed by atoms with E-state index in [4.69, 9.17) is 15.2 Å². The van der Waals surface area contributed by atoms with E-state index in [-0.39, 0.29) is 0 Å². The molecule has 1 aliphatic rings. The average Bonchev–Trinajstić information content (AvgIpc) is 2.48. The molecule has 5 nitrogen and oxygen atoms in total. The molecule has 0 bridgehead atoms. The lowest BCUT2D eigenvalue weighted by atomic mass is 10.2. The van der Waals surface area contributed by atoms with Crippen LogP contribution >= 0.6 is 0 Å². The van der Waals surface area contributed by atoms with Gasteiger partial charge in [0.05, 0.1) is 40.0 Å². The molecule has 0 fully saturated rings. The second-order valence-corrected chi connectivity index (χ2v) is 7.25. The van der Waals surface area contributed by atoms with E-state index in [0.29, 0.717) is 0 Å². The number of benzene rings is 1. The molecule has 0 saturated carbocycles. The number of likely N-dealkylation sites (N-methyl/N-ethyl adjacent to an activating group) is 1. The Labute approximate surface area is 140 Å². The first-order chi connectivity index (χ1) is 11.0. The third kappa shape index (κ3) is 6.28. The molecule has 130 valence electrons. The largest absolute Gasteiger partial charge is 0.489 e. The van der Waals surface area contributed by atoms with Gasteiger partial charge in [-0.15, -0.1) is 0 Å². The molecular formula is C18H32N3O2+. The summed E-state index contributed by atoms with van der Waals surface area (Å²) in [6.07, 6.45) is 3.52. The van der Waals surface area contributed by atoms with Gasteiger partial charge in [-0.3, -0.25) is 0 Å². The number of nitrogens with zero attached hydrogens (tertiary/aromatic N) is 2. The van der Waals surface area contributed by atoms with Crippen LogP contribution in [0.15, 0.2) is 18.2 Å². The van der Waals surface area contributed by atoms with Crippen LogP contribution in [0.25, 0.3) is 0 Å². The van der Waals surface area contributed by atoms with Gasteiger partial charge in [-0.05, 0) is 31.4 Å². The van der Waals surface area contributed by atoms with Crippen LogP contribution in [-0.2, 0) is 4.74 Å². The summed E-state index contributed by atoms with van der Waals surface area (Å²) in [4.78, 5) is 2.40. The Morgan fingerprint density at radius 1 is 1.17 bits per heavy atom. The van der Waals surface area contributed by atoms with Gasteiger partial charge in [-0.1, -0.05) is 0 Å². The summed E-state index contributed by atoms with van der Waals surface area (Å²) in [5.41, 5.74) is 7.75. The second-order valence-electron chi connectivity index (χ2n) is 7.25. The zero-order chi connectivity index (χ0) is 16.7. The molecule has 0 unspecified atom stereocenters. The highest BCUT2D eigenvalue weighted by Crippen LogP contribution is 2.33. The molecule has 0 saturated heterocycles. The molecule has 0 spiro atoms. The number of ether oxygens (including phenoxy) is 2. The lowest BCUT2D eigenvalue weighted by Gasteiger charge is -2.31. The highest BCUT2D eigenvalue weighted by molar-refractivity contribution is 5.64. The highest BCUT2D eigenvalue weighted by Gasteiger charge is 2.17. The number of hydrogen-bond acceptors (Lipinski definition) is 4. The van der Waals surface area contributed by atoms with Crippen molar-refractivity contribution in [3.63, 3.8) is 0 Å². The Bertz CT molecular complexity index is 486. The predicted octanol–water partition coefficient (Wildman–Crippen LogP) is 2.36. The van der Waals surface area contributed by atoms with Gasteiger partial charge < -0.3 is 24.6 Å². The Morgan fingerprint density at radius 3 is 2.78 bits per heavy atom. The van der Waals surface area contributed by atoms with Crippen LogP contribution in [0.2, 0.25) is 0 Å². The van der Waals surface area contributed by atoms with Gasteiger partial charge >= 0.3 is 0 Å². The molecule has 2 N–H and O–H groups in total. The number of nitrogens with two attached hydrogens (primary N) is 1. The van der Waals surface area contributed by atoms with Crippen molar-refractivity contribution in [2.45, 2.75) is 19.3 Å². The van der Waals surface area contributed by atoms with Gasteiger partial charge in [0.1, 0.15) is 18.9 Å². The summed E-state index contributed by atoms with van der Waals surface area (Å²) in [7, 11) is 6.57. The maximum absolute atomic E-state index is 5.82. The molecule has 1 heterocycles.